The van der Waals surface area contributed by atoms with Gasteiger partial charge in [-0.15, -0.1) is 0 Å². The summed E-state index contributed by atoms with van der Waals surface area (Å²) in [7, 11) is 0. The fraction of sp³-hybridized carbons (Fsp3) is 0.103. The summed E-state index contributed by atoms with van der Waals surface area (Å²) in [5, 5.41) is 12.1. The number of hydrogen-bond acceptors (Lipinski definition) is 3. The molecule has 4 aromatic carbocycles. The van der Waals surface area contributed by atoms with Crippen LogP contribution in [0.3, 0.4) is 0 Å². The number of hydrogen-bond donors (Lipinski definition) is 1. The molecule has 0 saturated heterocycles. The van der Waals surface area contributed by atoms with E-state index in [2.05, 4.69) is 43.1 Å². The summed E-state index contributed by atoms with van der Waals surface area (Å²) in [5.74, 6) is 1.28. The standard InChI is InChI=1S/C29H23N3O/c1-19-14-26-27(15-20(19)2)32-29(31-26)23(17-30)16-25-24-11-7-6-10-22(24)12-13-28(25)33-18-21-8-4-3-5-9-21/h3-16H,18H2,1-2H3,(H,31,32)/b23-16+. The molecular weight excluding hydrogens is 406 g/mol. The molecule has 1 aromatic heterocycles. The Hall–Kier alpha value is -4.36. The van der Waals surface area contributed by atoms with Crippen LogP contribution < -0.4 is 4.74 Å². The lowest BCUT2D eigenvalue weighted by Gasteiger charge is -2.12. The Morgan fingerprint density at radius 1 is 0.970 bits per heavy atom. The Bertz CT molecular complexity index is 1500. The number of nitriles is 1. The van der Waals surface area contributed by atoms with Gasteiger partial charge in [0.05, 0.1) is 16.6 Å². The maximum Gasteiger partial charge on any atom is 0.149 e. The molecule has 1 N–H and O–H groups in total. The highest BCUT2D eigenvalue weighted by Gasteiger charge is 2.13. The van der Waals surface area contributed by atoms with E-state index in [1.165, 1.54) is 11.1 Å². The zero-order valence-electron chi connectivity index (χ0n) is 18.6. The first kappa shape index (κ1) is 20.5. The molecule has 0 unspecified atom stereocenters. The molecule has 0 fully saturated rings. The van der Waals surface area contributed by atoms with Gasteiger partial charge < -0.3 is 9.72 Å². The Balaban J connectivity index is 1.61. The van der Waals surface area contributed by atoms with E-state index in [4.69, 9.17) is 9.72 Å². The molecule has 0 amide bonds. The molecule has 4 heteroatoms. The molecular formula is C29H23N3O. The van der Waals surface area contributed by atoms with Crippen molar-refractivity contribution in [2.75, 3.05) is 0 Å². The summed E-state index contributed by atoms with van der Waals surface area (Å²) >= 11 is 0. The van der Waals surface area contributed by atoms with Gasteiger partial charge in [0.15, 0.2) is 0 Å². The quantitative estimate of drug-likeness (QED) is 0.307. The number of imidazole rings is 1. The molecule has 5 aromatic rings. The zero-order valence-corrected chi connectivity index (χ0v) is 18.6. The number of rotatable bonds is 5. The molecule has 0 atom stereocenters. The minimum Gasteiger partial charge on any atom is -0.488 e. The van der Waals surface area contributed by atoms with Gasteiger partial charge in [-0.25, -0.2) is 4.98 Å². The normalized spacial score (nSPS) is 11.6. The second-order valence-corrected chi connectivity index (χ2v) is 8.18. The number of H-pyrrole nitrogens is 1. The SMILES string of the molecule is Cc1cc2nc(/C(C#N)=C/c3c(OCc4ccccc4)ccc4ccccc34)[nH]c2cc1C. The number of aromatic nitrogens is 2. The van der Waals surface area contributed by atoms with E-state index in [-0.39, 0.29) is 0 Å². The summed E-state index contributed by atoms with van der Waals surface area (Å²) in [4.78, 5) is 8.02. The fourth-order valence-corrected chi connectivity index (χ4v) is 3.98. The smallest absolute Gasteiger partial charge is 0.149 e. The Labute approximate surface area is 192 Å². The van der Waals surface area contributed by atoms with Gasteiger partial charge >= 0.3 is 0 Å². The highest BCUT2D eigenvalue weighted by molar-refractivity contribution is 6.00. The number of aryl methyl sites for hydroxylation is 2. The van der Waals surface area contributed by atoms with Crippen molar-refractivity contribution in [1.29, 1.82) is 5.26 Å². The molecule has 33 heavy (non-hydrogen) atoms. The van der Waals surface area contributed by atoms with E-state index in [0.29, 0.717) is 18.0 Å². The highest BCUT2D eigenvalue weighted by atomic mass is 16.5. The van der Waals surface area contributed by atoms with Gasteiger partial charge in [0.1, 0.15) is 24.3 Å². The van der Waals surface area contributed by atoms with Gasteiger partial charge in [0.2, 0.25) is 0 Å². The van der Waals surface area contributed by atoms with Crippen LogP contribution >= 0.6 is 0 Å². The van der Waals surface area contributed by atoms with Gasteiger partial charge in [0, 0.05) is 5.56 Å². The van der Waals surface area contributed by atoms with Crippen molar-refractivity contribution >= 4 is 33.5 Å². The van der Waals surface area contributed by atoms with Crippen molar-refractivity contribution in [1.82, 2.24) is 9.97 Å². The van der Waals surface area contributed by atoms with Crippen LogP contribution in [-0.2, 0) is 6.61 Å². The predicted octanol–water partition coefficient (Wildman–Crippen LogP) is 6.98. The molecule has 1 heterocycles. The number of nitrogens with zero attached hydrogens (tertiary/aromatic N) is 2. The summed E-state index contributed by atoms with van der Waals surface area (Å²) < 4.78 is 6.22. The van der Waals surface area contributed by atoms with Crippen LogP contribution in [0.15, 0.2) is 78.9 Å². The highest BCUT2D eigenvalue weighted by Crippen LogP contribution is 2.32. The summed E-state index contributed by atoms with van der Waals surface area (Å²) in [6.07, 6.45) is 1.88. The lowest BCUT2D eigenvalue weighted by atomic mass is 10.0. The lowest BCUT2D eigenvalue weighted by molar-refractivity contribution is 0.306. The van der Waals surface area contributed by atoms with Crippen LogP contribution in [-0.4, -0.2) is 9.97 Å². The first-order valence-electron chi connectivity index (χ1n) is 10.9. The maximum atomic E-state index is 10.0. The van der Waals surface area contributed by atoms with Crippen molar-refractivity contribution in [3.63, 3.8) is 0 Å². The predicted molar refractivity (Wildman–Crippen MR) is 134 cm³/mol. The first-order valence-corrected chi connectivity index (χ1v) is 10.9. The van der Waals surface area contributed by atoms with Crippen molar-refractivity contribution < 1.29 is 4.74 Å². The summed E-state index contributed by atoms with van der Waals surface area (Å²) in [6, 6.07) is 28.7. The topological polar surface area (TPSA) is 61.7 Å². The molecule has 0 spiro atoms. The Kier molecular flexibility index (Phi) is 5.38. The molecule has 0 radical (unpaired) electrons. The minimum absolute atomic E-state index is 0.450. The van der Waals surface area contributed by atoms with E-state index in [9.17, 15) is 5.26 Å². The number of benzene rings is 4. The molecule has 160 valence electrons. The van der Waals surface area contributed by atoms with E-state index in [1.807, 2.05) is 66.7 Å². The first-order chi connectivity index (χ1) is 16.1. The van der Waals surface area contributed by atoms with Crippen LogP contribution in [0.5, 0.6) is 5.75 Å². The average Bonchev–Trinajstić information content (AvgIpc) is 3.24. The molecule has 0 aliphatic rings. The summed E-state index contributed by atoms with van der Waals surface area (Å²) in [5.41, 5.74) is 6.56. The average molecular weight is 430 g/mol. The van der Waals surface area contributed by atoms with Crippen molar-refractivity contribution in [3.8, 4) is 11.8 Å². The zero-order chi connectivity index (χ0) is 22.8. The number of fused-ring (bicyclic) bond motifs is 2. The second kappa shape index (κ2) is 8.64. The molecule has 0 bridgehead atoms. The third-order valence-corrected chi connectivity index (χ3v) is 5.93. The molecule has 0 saturated carbocycles. The van der Waals surface area contributed by atoms with Crippen LogP contribution in [0.4, 0.5) is 0 Å². The largest absolute Gasteiger partial charge is 0.488 e. The second-order valence-electron chi connectivity index (χ2n) is 8.18. The molecule has 0 aliphatic carbocycles. The third-order valence-electron chi connectivity index (χ3n) is 5.93. The van der Waals surface area contributed by atoms with Crippen molar-refractivity contribution in [2.45, 2.75) is 20.5 Å². The van der Waals surface area contributed by atoms with E-state index >= 15 is 0 Å². The van der Waals surface area contributed by atoms with Crippen molar-refractivity contribution in [2.24, 2.45) is 0 Å². The molecule has 0 aliphatic heterocycles. The van der Waals surface area contributed by atoms with Gasteiger partial charge in [-0.2, -0.15) is 5.26 Å². The third kappa shape index (κ3) is 4.09. The summed E-state index contributed by atoms with van der Waals surface area (Å²) in [6.45, 7) is 4.59. The molecule has 5 rings (SSSR count). The van der Waals surface area contributed by atoms with Crippen LogP contribution in [0.2, 0.25) is 0 Å². The number of ether oxygens (including phenoxy) is 1. The Morgan fingerprint density at radius 3 is 2.55 bits per heavy atom. The van der Waals surface area contributed by atoms with E-state index < -0.39 is 0 Å². The van der Waals surface area contributed by atoms with Crippen LogP contribution in [0.1, 0.15) is 28.1 Å². The van der Waals surface area contributed by atoms with E-state index in [0.717, 1.165) is 38.7 Å². The maximum absolute atomic E-state index is 10.0. The van der Waals surface area contributed by atoms with Crippen LogP contribution in [0, 0.1) is 25.2 Å². The number of nitrogens with one attached hydrogen (secondary N) is 1. The number of aromatic amines is 1. The van der Waals surface area contributed by atoms with Gasteiger partial charge in [0.25, 0.3) is 0 Å². The van der Waals surface area contributed by atoms with Crippen LogP contribution in [0.25, 0.3) is 33.5 Å². The van der Waals surface area contributed by atoms with Crippen molar-refractivity contribution in [3.05, 3.63) is 107 Å². The minimum atomic E-state index is 0.450. The lowest BCUT2D eigenvalue weighted by Crippen LogP contribution is -1.98. The fourth-order valence-electron chi connectivity index (χ4n) is 3.98. The van der Waals surface area contributed by atoms with Gasteiger partial charge in [-0.3, -0.25) is 0 Å². The monoisotopic (exact) mass is 429 g/mol. The van der Waals surface area contributed by atoms with Gasteiger partial charge in [-0.05, 0) is 65.6 Å². The number of allylic oxidation sites excluding steroid dienone is 1. The van der Waals surface area contributed by atoms with E-state index in [1.54, 1.807) is 0 Å². The molecule has 4 nitrogen and oxygen atoms in total. The van der Waals surface area contributed by atoms with Gasteiger partial charge in [-0.1, -0.05) is 60.7 Å². The Morgan fingerprint density at radius 2 is 1.73 bits per heavy atom.